The second-order valence-corrected chi connectivity index (χ2v) is 7.59. The van der Waals surface area contributed by atoms with Crippen molar-refractivity contribution in [2.75, 3.05) is 19.6 Å². The molecule has 25 heavy (non-hydrogen) atoms. The van der Waals surface area contributed by atoms with Crippen molar-refractivity contribution in [3.8, 4) is 0 Å². The van der Waals surface area contributed by atoms with Gasteiger partial charge < -0.3 is 16.0 Å². The molecule has 1 aromatic rings. The van der Waals surface area contributed by atoms with E-state index in [4.69, 9.17) is 5.73 Å². The first-order chi connectivity index (χ1) is 11.3. The monoisotopic (exact) mass is 367 g/mol. The molecular weight excluding hydrogens is 338 g/mol. The standard InChI is InChI=1S/C19H29N3O2.ClH/c1-13(2)16(18(24)22-10-9-19(4,11-20)12-22)21-17(23)15-7-5-14(3)6-8-15;/h5-8,13,16H,9-12,20H2,1-4H3,(H,21,23);1H. The Bertz CT molecular complexity index is 603. The van der Waals surface area contributed by atoms with E-state index in [9.17, 15) is 9.59 Å². The third-order valence-corrected chi connectivity index (χ3v) is 4.90. The molecule has 2 unspecified atom stereocenters. The summed E-state index contributed by atoms with van der Waals surface area (Å²) in [6, 6.07) is 6.85. The molecule has 1 aliphatic rings. The molecule has 1 heterocycles. The number of hydrogen-bond acceptors (Lipinski definition) is 3. The van der Waals surface area contributed by atoms with Crippen molar-refractivity contribution < 1.29 is 9.59 Å². The molecule has 0 saturated carbocycles. The molecule has 0 spiro atoms. The Morgan fingerprint density at radius 1 is 1.28 bits per heavy atom. The number of rotatable bonds is 5. The van der Waals surface area contributed by atoms with Crippen molar-refractivity contribution in [3.05, 3.63) is 35.4 Å². The first-order valence-electron chi connectivity index (χ1n) is 8.62. The fourth-order valence-electron chi connectivity index (χ4n) is 3.02. The lowest BCUT2D eigenvalue weighted by Crippen LogP contribution is -2.51. The third kappa shape index (κ3) is 5.19. The summed E-state index contributed by atoms with van der Waals surface area (Å²) in [6.07, 6.45) is 0.909. The molecule has 2 atom stereocenters. The van der Waals surface area contributed by atoms with E-state index in [1.165, 1.54) is 0 Å². The zero-order valence-electron chi connectivity index (χ0n) is 15.5. The zero-order valence-corrected chi connectivity index (χ0v) is 16.4. The van der Waals surface area contributed by atoms with Gasteiger partial charge in [-0.2, -0.15) is 0 Å². The number of hydrogen-bond donors (Lipinski definition) is 2. The van der Waals surface area contributed by atoms with Crippen LogP contribution in [-0.2, 0) is 4.79 Å². The van der Waals surface area contributed by atoms with Crippen LogP contribution in [0.4, 0.5) is 0 Å². The average molecular weight is 368 g/mol. The van der Waals surface area contributed by atoms with Crippen molar-refractivity contribution in [1.29, 1.82) is 0 Å². The summed E-state index contributed by atoms with van der Waals surface area (Å²) in [4.78, 5) is 27.2. The fraction of sp³-hybridized carbons (Fsp3) is 0.579. The van der Waals surface area contributed by atoms with Crippen LogP contribution in [0.1, 0.15) is 43.1 Å². The summed E-state index contributed by atoms with van der Waals surface area (Å²) in [5, 5.41) is 2.91. The van der Waals surface area contributed by atoms with E-state index < -0.39 is 6.04 Å². The summed E-state index contributed by atoms with van der Waals surface area (Å²) in [7, 11) is 0. The first kappa shape index (κ1) is 21.5. The second kappa shape index (κ2) is 8.68. The molecule has 1 saturated heterocycles. The highest BCUT2D eigenvalue weighted by atomic mass is 35.5. The van der Waals surface area contributed by atoms with Crippen LogP contribution < -0.4 is 11.1 Å². The number of likely N-dealkylation sites (tertiary alicyclic amines) is 1. The van der Waals surface area contributed by atoms with E-state index in [1.54, 1.807) is 12.1 Å². The van der Waals surface area contributed by atoms with E-state index in [1.807, 2.05) is 37.8 Å². The molecular formula is C19H30ClN3O2. The van der Waals surface area contributed by atoms with Crippen molar-refractivity contribution in [1.82, 2.24) is 10.2 Å². The van der Waals surface area contributed by atoms with Crippen LogP contribution >= 0.6 is 12.4 Å². The Morgan fingerprint density at radius 2 is 1.88 bits per heavy atom. The van der Waals surface area contributed by atoms with Crippen molar-refractivity contribution in [2.24, 2.45) is 17.1 Å². The molecule has 0 bridgehead atoms. The summed E-state index contributed by atoms with van der Waals surface area (Å²) < 4.78 is 0. The maximum atomic E-state index is 12.9. The number of halogens is 1. The lowest BCUT2D eigenvalue weighted by atomic mass is 9.90. The summed E-state index contributed by atoms with van der Waals surface area (Å²) in [6.45, 7) is 9.92. The number of aryl methyl sites for hydroxylation is 1. The molecule has 0 aromatic heterocycles. The first-order valence-corrected chi connectivity index (χ1v) is 8.62. The highest BCUT2D eigenvalue weighted by Crippen LogP contribution is 2.29. The number of nitrogens with two attached hydrogens (primary N) is 1. The number of carbonyl (C=O) groups is 2. The molecule has 2 amide bonds. The maximum Gasteiger partial charge on any atom is 0.251 e. The van der Waals surface area contributed by atoms with Gasteiger partial charge in [0.2, 0.25) is 5.91 Å². The van der Waals surface area contributed by atoms with Gasteiger partial charge in [-0.1, -0.05) is 38.5 Å². The van der Waals surface area contributed by atoms with Crippen LogP contribution in [0, 0.1) is 18.3 Å². The third-order valence-electron chi connectivity index (χ3n) is 4.90. The molecule has 1 aliphatic heterocycles. The van der Waals surface area contributed by atoms with Gasteiger partial charge in [0, 0.05) is 18.7 Å². The minimum atomic E-state index is -0.515. The molecule has 140 valence electrons. The van der Waals surface area contributed by atoms with Crippen LogP contribution in [0.15, 0.2) is 24.3 Å². The fourth-order valence-corrected chi connectivity index (χ4v) is 3.02. The predicted octanol–water partition coefficient (Wildman–Crippen LogP) is 2.37. The molecule has 6 heteroatoms. The Labute approximate surface area is 156 Å². The lowest BCUT2D eigenvalue weighted by molar-refractivity contribution is -0.133. The summed E-state index contributed by atoms with van der Waals surface area (Å²) in [5.74, 6) is -0.192. The van der Waals surface area contributed by atoms with E-state index in [2.05, 4.69) is 12.2 Å². The molecule has 0 radical (unpaired) electrons. The lowest BCUT2D eigenvalue weighted by Gasteiger charge is -2.28. The Kier molecular flexibility index (Phi) is 7.44. The van der Waals surface area contributed by atoms with E-state index in [0.717, 1.165) is 12.0 Å². The van der Waals surface area contributed by atoms with Gasteiger partial charge >= 0.3 is 0 Å². The molecule has 5 nitrogen and oxygen atoms in total. The number of nitrogens with zero attached hydrogens (tertiary/aromatic N) is 1. The highest BCUT2D eigenvalue weighted by Gasteiger charge is 2.38. The van der Waals surface area contributed by atoms with Crippen LogP contribution in [0.3, 0.4) is 0 Å². The van der Waals surface area contributed by atoms with Gasteiger partial charge in [-0.3, -0.25) is 9.59 Å². The zero-order chi connectivity index (χ0) is 17.9. The number of carbonyl (C=O) groups excluding carboxylic acids is 2. The molecule has 0 aliphatic carbocycles. The van der Waals surface area contributed by atoms with Crippen molar-refractivity contribution in [3.63, 3.8) is 0 Å². The van der Waals surface area contributed by atoms with Gasteiger partial charge in [0.05, 0.1) is 0 Å². The topological polar surface area (TPSA) is 75.4 Å². The van der Waals surface area contributed by atoms with Gasteiger partial charge in [0.15, 0.2) is 0 Å². The van der Waals surface area contributed by atoms with Gasteiger partial charge in [-0.05, 0) is 43.4 Å². The van der Waals surface area contributed by atoms with Crippen LogP contribution in [0.25, 0.3) is 0 Å². The molecule has 1 fully saturated rings. The molecule has 2 rings (SSSR count). The van der Waals surface area contributed by atoms with Gasteiger partial charge in [0.1, 0.15) is 6.04 Å². The minimum absolute atomic E-state index is 0. The SMILES string of the molecule is Cc1ccc(C(=O)NC(C(=O)N2CCC(C)(CN)C2)C(C)C)cc1.Cl. The van der Waals surface area contributed by atoms with E-state index in [-0.39, 0.29) is 35.6 Å². The minimum Gasteiger partial charge on any atom is -0.340 e. The molecule has 1 aromatic carbocycles. The number of amides is 2. The van der Waals surface area contributed by atoms with Gasteiger partial charge in [0.25, 0.3) is 5.91 Å². The summed E-state index contributed by atoms with van der Waals surface area (Å²) in [5.41, 5.74) is 7.49. The summed E-state index contributed by atoms with van der Waals surface area (Å²) >= 11 is 0. The highest BCUT2D eigenvalue weighted by molar-refractivity contribution is 5.97. The quantitative estimate of drug-likeness (QED) is 0.838. The van der Waals surface area contributed by atoms with E-state index in [0.29, 0.717) is 25.2 Å². The predicted molar refractivity (Wildman–Crippen MR) is 103 cm³/mol. The second-order valence-electron chi connectivity index (χ2n) is 7.59. The normalized spacial score (nSPS) is 21.0. The largest absolute Gasteiger partial charge is 0.340 e. The van der Waals surface area contributed by atoms with E-state index >= 15 is 0 Å². The van der Waals surface area contributed by atoms with Gasteiger partial charge in [-0.15, -0.1) is 12.4 Å². The Hall–Kier alpha value is -1.59. The molecule has 3 N–H and O–H groups in total. The van der Waals surface area contributed by atoms with Crippen LogP contribution in [-0.4, -0.2) is 42.4 Å². The van der Waals surface area contributed by atoms with Crippen molar-refractivity contribution in [2.45, 2.75) is 40.2 Å². The number of nitrogens with one attached hydrogen (secondary N) is 1. The van der Waals surface area contributed by atoms with Crippen LogP contribution in [0.2, 0.25) is 0 Å². The van der Waals surface area contributed by atoms with Crippen LogP contribution in [0.5, 0.6) is 0 Å². The maximum absolute atomic E-state index is 12.9. The van der Waals surface area contributed by atoms with Gasteiger partial charge in [-0.25, -0.2) is 0 Å². The number of benzene rings is 1. The smallest absolute Gasteiger partial charge is 0.251 e. The van der Waals surface area contributed by atoms with Crippen molar-refractivity contribution >= 4 is 24.2 Å². The Balaban J connectivity index is 0.00000312. The average Bonchev–Trinajstić information content (AvgIpc) is 2.95. The Morgan fingerprint density at radius 3 is 2.36 bits per heavy atom.